The molecule has 2 aliphatic heterocycles. The molecule has 2 heterocycles. The molecule has 3 rings (SSSR count). The number of nitrogens with zero attached hydrogens (tertiary/aromatic N) is 2. The third kappa shape index (κ3) is 2.05. The number of piperidine rings is 1. The van der Waals surface area contributed by atoms with Crippen LogP contribution in [0, 0.1) is 0 Å². The average molecular weight is 260 g/mol. The molecule has 0 bridgehead atoms. The zero-order chi connectivity index (χ0) is 13.3. The number of hydrogen-bond acceptors (Lipinski definition) is 4. The van der Waals surface area contributed by atoms with Gasteiger partial charge in [-0.1, -0.05) is 30.3 Å². The number of hydrogen-bond donors (Lipinski definition) is 0. The van der Waals surface area contributed by atoms with Crippen LogP contribution in [0.3, 0.4) is 0 Å². The first-order valence-electron chi connectivity index (χ1n) is 6.77. The molecule has 0 N–H and O–H groups in total. The number of benzene rings is 1. The van der Waals surface area contributed by atoms with Crippen LogP contribution >= 0.6 is 0 Å². The van der Waals surface area contributed by atoms with Gasteiger partial charge in [-0.25, -0.2) is 0 Å². The Balaban J connectivity index is 1.92. The molecule has 4 nitrogen and oxygen atoms in total. The van der Waals surface area contributed by atoms with Crippen LogP contribution < -0.4 is 0 Å². The van der Waals surface area contributed by atoms with Crippen molar-refractivity contribution in [3.8, 4) is 0 Å². The molecule has 102 valence electrons. The molecule has 0 saturated carbocycles. The Bertz CT molecular complexity index is 468. The monoisotopic (exact) mass is 260 g/mol. The van der Waals surface area contributed by atoms with Crippen LogP contribution in [0.5, 0.6) is 0 Å². The third-order valence-electron chi connectivity index (χ3n) is 4.09. The molecule has 2 aliphatic rings. The van der Waals surface area contributed by atoms with E-state index in [4.69, 9.17) is 14.5 Å². The molecule has 0 spiro atoms. The molecule has 1 aromatic carbocycles. The fourth-order valence-corrected chi connectivity index (χ4v) is 3.04. The summed E-state index contributed by atoms with van der Waals surface area (Å²) in [6.07, 6.45) is 1.94. The van der Waals surface area contributed by atoms with Crippen LogP contribution in [0.1, 0.15) is 24.4 Å². The van der Waals surface area contributed by atoms with Crippen LogP contribution in [0.15, 0.2) is 35.3 Å². The van der Waals surface area contributed by atoms with E-state index in [1.54, 1.807) is 14.2 Å². The summed E-state index contributed by atoms with van der Waals surface area (Å²) in [6, 6.07) is 10.6. The van der Waals surface area contributed by atoms with Gasteiger partial charge in [-0.15, -0.1) is 0 Å². The Hall–Kier alpha value is -1.39. The predicted octanol–water partition coefficient (Wildman–Crippen LogP) is 2.22. The summed E-state index contributed by atoms with van der Waals surface area (Å²) in [4.78, 5) is 7.17. The van der Waals surface area contributed by atoms with Crippen molar-refractivity contribution in [2.24, 2.45) is 4.99 Å². The van der Waals surface area contributed by atoms with Crippen molar-refractivity contribution in [1.82, 2.24) is 4.90 Å². The lowest BCUT2D eigenvalue weighted by atomic mass is 10.0. The molecule has 0 aliphatic carbocycles. The number of fused-ring (bicyclic) bond motifs is 1. The Morgan fingerprint density at radius 1 is 1.21 bits per heavy atom. The molecule has 1 unspecified atom stereocenters. The molecule has 0 amide bonds. The van der Waals surface area contributed by atoms with E-state index in [9.17, 15) is 0 Å². The minimum Gasteiger partial charge on any atom is -0.353 e. The van der Waals surface area contributed by atoms with Gasteiger partial charge in [0, 0.05) is 33.7 Å². The molecule has 4 heteroatoms. The van der Waals surface area contributed by atoms with E-state index in [0.29, 0.717) is 0 Å². The largest absolute Gasteiger partial charge is 0.353 e. The molecule has 0 radical (unpaired) electrons. The number of amidine groups is 1. The van der Waals surface area contributed by atoms with E-state index >= 15 is 0 Å². The maximum atomic E-state index is 5.63. The first-order chi connectivity index (χ1) is 9.29. The minimum absolute atomic E-state index is 0.193. The summed E-state index contributed by atoms with van der Waals surface area (Å²) in [5.41, 5.74) is 1.26. The number of methoxy groups -OCH3 is 2. The molecule has 1 atom stereocenters. The second-order valence-corrected chi connectivity index (χ2v) is 5.09. The lowest BCUT2D eigenvalue weighted by Gasteiger charge is -2.39. The van der Waals surface area contributed by atoms with Crippen molar-refractivity contribution in [1.29, 1.82) is 0 Å². The number of rotatable bonds is 3. The predicted molar refractivity (Wildman–Crippen MR) is 74.2 cm³/mol. The maximum absolute atomic E-state index is 5.63. The summed E-state index contributed by atoms with van der Waals surface area (Å²) in [7, 11) is 3.40. The molecular formula is C15H20N2O2. The Labute approximate surface area is 114 Å². The Morgan fingerprint density at radius 3 is 2.63 bits per heavy atom. The summed E-state index contributed by atoms with van der Waals surface area (Å²) >= 11 is 0. The van der Waals surface area contributed by atoms with Gasteiger partial charge in [0.25, 0.3) is 0 Å². The second-order valence-electron chi connectivity index (χ2n) is 5.09. The zero-order valence-electron chi connectivity index (χ0n) is 11.5. The van der Waals surface area contributed by atoms with Gasteiger partial charge in [0.2, 0.25) is 5.79 Å². The van der Waals surface area contributed by atoms with Gasteiger partial charge in [-0.3, -0.25) is 4.99 Å². The topological polar surface area (TPSA) is 34.1 Å². The van der Waals surface area contributed by atoms with Crippen LogP contribution in [-0.4, -0.2) is 43.8 Å². The van der Waals surface area contributed by atoms with Crippen molar-refractivity contribution in [2.45, 2.75) is 24.7 Å². The molecule has 1 aromatic rings. The lowest BCUT2D eigenvalue weighted by Crippen LogP contribution is -2.53. The van der Waals surface area contributed by atoms with Crippen molar-refractivity contribution in [3.05, 3.63) is 35.9 Å². The molecular weight excluding hydrogens is 240 g/mol. The Kier molecular flexibility index (Phi) is 3.29. The molecule has 0 aromatic heterocycles. The van der Waals surface area contributed by atoms with Crippen LogP contribution in [-0.2, 0) is 9.47 Å². The maximum Gasteiger partial charge on any atom is 0.227 e. The van der Waals surface area contributed by atoms with Crippen molar-refractivity contribution in [3.63, 3.8) is 0 Å². The SMILES string of the molecule is COC1(OC)CCCN2CC(c3ccccc3)N=C21. The van der Waals surface area contributed by atoms with E-state index in [2.05, 4.69) is 29.2 Å². The number of ether oxygens (including phenoxy) is 2. The summed E-state index contributed by atoms with van der Waals surface area (Å²) in [6.45, 7) is 1.96. The van der Waals surface area contributed by atoms with E-state index in [-0.39, 0.29) is 6.04 Å². The first kappa shape index (κ1) is 12.6. The van der Waals surface area contributed by atoms with Crippen molar-refractivity contribution in [2.75, 3.05) is 27.3 Å². The number of aliphatic imine (C=N–C) groups is 1. The highest BCUT2D eigenvalue weighted by Gasteiger charge is 2.46. The molecule has 19 heavy (non-hydrogen) atoms. The average Bonchev–Trinajstić information content (AvgIpc) is 2.92. The fourth-order valence-electron chi connectivity index (χ4n) is 3.04. The van der Waals surface area contributed by atoms with Gasteiger partial charge < -0.3 is 14.4 Å². The van der Waals surface area contributed by atoms with E-state index in [0.717, 1.165) is 31.8 Å². The van der Waals surface area contributed by atoms with Gasteiger partial charge >= 0.3 is 0 Å². The summed E-state index contributed by atoms with van der Waals surface area (Å²) < 4.78 is 11.3. The minimum atomic E-state index is -0.651. The van der Waals surface area contributed by atoms with Gasteiger partial charge in [0.1, 0.15) is 0 Å². The van der Waals surface area contributed by atoms with Gasteiger partial charge in [-0.2, -0.15) is 0 Å². The van der Waals surface area contributed by atoms with E-state index < -0.39 is 5.79 Å². The summed E-state index contributed by atoms with van der Waals surface area (Å²) in [5, 5.41) is 0. The highest BCUT2D eigenvalue weighted by Crippen LogP contribution is 2.35. The van der Waals surface area contributed by atoms with Crippen LogP contribution in [0.25, 0.3) is 0 Å². The Morgan fingerprint density at radius 2 is 1.95 bits per heavy atom. The standard InChI is InChI=1S/C15H20N2O2/c1-18-15(19-2)9-6-10-17-11-13(16-14(15)17)12-7-4-3-5-8-12/h3-5,7-8,13H,6,9-11H2,1-2H3. The van der Waals surface area contributed by atoms with Crippen molar-refractivity contribution >= 4 is 5.84 Å². The first-order valence-corrected chi connectivity index (χ1v) is 6.77. The van der Waals surface area contributed by atoms with Gasteiger partial charge in [0.15, 0.2) is 5.84 Å². The highest BCUT2D eigenvalue weighted by molar-refractivity contribution is 5.91. The van der Waals surface area contributed by atoms with E-state index in [1.165, 1.54) is 5.56 Å². The quantitative estimate of drug-likeness (QED) is 0.782. The lowest BCUT2D eigenvalue weighted by molar-refractivity contribution is -0.170. The zero-order valence-corrected chi connectivity index (χ0v) is 11.5. The normalized spacial score (nSPS) is 25.1. The third-order valence-corrected chi connectivity index (χ3v) is 4.09. The van der Waals surface area contributed by atoms with E-state index in [1.807, 2.05) is 6.07 Å². The van der Waals surface area contributed by atoms with Crippen molar-refractivity contribution < 1.29 is 9.47 Å². The van der Waals surface area contributed by atoms with Crippen LogP contribution in [0.4, 0.5) is 0 Å². The smallest absolute Gasteiger partial charge is 0.227 e. The molecule has 1 fully saturated rings. The molecule has 1 saturated heterocycles. The van der Waals surface area contributed by atoms with Gasteiger partial charge in [-0.05, 0) is 12.0 Å². The summed E-state index contributed by atoms with van der Waals surface area (Å²) in [5.74, 6) is 0.305. The van der Waals surface area contributed by atoms with Crippen LogP contribution in [0.2, 0.25) is 0 Å². The van der Waals surface area contributed by atoms with Gasteiger partial charge in [0.05, 0.1) is 6.04 Å². The highest BCUT2D eigenvalue weighted by atomic mass is 16.7. The fraction of sp³-hybridized carbons (Fsp3) is 0.533. The second kappa shape index (κ2) is 4.94.